The number of aliphatic hydroxyl groups is 1. The molecule has 0 aromatic heterocycles. The van der Waals surface area contributed by atoms with Crippen LogP contribution < -0.4 is 5.32 Å². The van der Waals surface area contributed by atoms with Crippen LogP contribution in [0.2, 0.25) is 0 Å². The van der Waals surface area contributed by atoms with E-state index in [1.165, 1.54) is 19.3 Å². The monoisotopic (exact) mass is 298 g/mol. The largest absolute Gasteiger partial charge is 0.393 e. The minimum atomic E-state index is -0.414. The first kappa shape index (κ1) is 16.6. The molecule has 2 unspecified atom stereocenters. The van der Waals surface area contributed by atoms with Crippen LogP contribution in [-0.2, 0) is 4.74 Å². The van der Waals surface area contributed by atoms with Crippen molar-refractivity contribution in [3.63, 3.8) is 0 Å². The molecule has 0 radical (unpaired) electrons. The lowest BCUT2D eigenvalue weighted by Gasteiger charge is -2.36. The van der Waals surface area contributed by atoms with Gasteiger partial charge in [-0.1, -0.05) is 13.8 Å². The SMILES string of the molecule is CC(C)CC1(CNC(=O)N2CCOCC2CC(C)O)CC1. The molecule has 2 atom stereocenters. The van der Waals surface area contributed by atoms with Gasteiger partial charge in [-0.3, -0.25) is 0 Å². The van der Waals surface area contributed by atoms with Gasteiger partial charge in [0.1, 0.15) is 0 Å². The van der Waals surface area contributed by atoms with Crippen molar-refractivity contribution in [2.45, 2.75) is 58.6 Å². The van der Waals surface area contributed by atoms with Crippen LogP contribution in [0.1, 0.15) is 46.5 Å². The van der Waals surface area contributed by atoms with Crippen molar-refractivity contribution in [2.24, 2.45) is 11.3 Å². The molecule has 0 aromatic carbocycles. The zero-order valence-corrected chi connectivity index (χ0v) is 13.6. The molecule has 1 saturated heterocycles. The molecule has 2 aliphatic rings. The topological polar surface area (TPSA) is 61.8 Å². The second-order valence-corrected chi connectivity index (χ2v) is 7.26. The number of ether oxygens (including phenoxy) is 1. The Morgan fingerprint density at radius 2 is 2.14 bits per heavy atom. The molecule has 0 aromatic rings. The lowest BCUT2D eigenvalue weighted by Crippen LogP contribution is -2.54. The second kappa shape index (κ2) is 6.97. The van der Waals surface area contributed by atoms with Crippen molar-refractivity contribution in [1.82, 2.24) is 10.2 Å². The molecule has 1 heterocycles. The molecule has 1 saturated carbocycles. The van der Waals surface area contributed by atoms with Gasteiger partial charge in [0.05, 0.1) is 25.4 Å². The maximum absolute atomic E-state index is 12.4. The molecule has 0 bridgehead atoms. The minimum absolute atomic E-state index is 0.000943. The molecular weight excluding hydrogens is 268 g/mol. The summed E-state index contributed by atoms with van der Waals surface area (Å²) in [6.45, 7) is 8.73. The third-order valence-electron chi connectivity index (χ3n) is 4.51. The van der Waals surface area contributed by atoms with Crippen LogP contribution in [0.4, 0.5) is 4.79 Å². The van der Waals surface area contributed by atoms with E-state index in [1.807, 2.05) is 4.90 Å². The van der Waals surface area contributed by atoms with E-state index in [4.69, 9.17) is 4.74 Å². The van der Waals surface area contributed by atoms with E-state index < -0.39 is 6.10 Å². The summed E-state index contributed by atoms with van der Waals surface area (Å²) in [7, 11) is 0. The van der Waals surface area contributed by atoms with Gasteiger partial charge in [-0.2, -0.15) is 0 Å². The van der Waals surface area contributed by atoms with Gasteiger partial charge in [-0.15, -0.1) is 0 Å². The molecule has 5 nitrogen and oxygen atoms in total. The van der Waals surface area contributed by atoms with Crippen LogP contribution >= 0.6 is 0 Å². The maximum Gasteiger partial charge on any atom is 0.317 e. The summed E-state index contributed by atoms with van der Waals surface area (Å²) in [5, 5.41) is 12.7. The first-order valence-electron chi connectivity index (χ1n) is 8.22. The molecular formula is C16H30N2O3. The van der Waals surface area contributed by atoms with Crippen molar-refractivity contribution < 1.29 is 14.6 Å². The highest BCUT2D eigenvalue weighted by Crippen LogP contribution is 2.50. The van der Waals surface area contributed by atoms with E-state index in [9.17, 15) is 9.90 Å². The Labute approximate surface area is 128 Å². The number of hydrogen-bond acceptors (Lipinski definition) is 3. The first-order valence-corrected chi connectivity index (χ1v) is 8.22. The smallest absolute Gasteiger partial charge is 0.317 e. The normalized spacial score (nSPS) is 25.8. The van der Waals surface area contributed by atoms with Crippen LogP contribution in [0.5, 0.6) is 0 Å². The zero-order chi connectivity index (χ0) is 15.5. The zero-order valence-electron chi connectivity index (χ0n) is 13.6. The summed E-state index contributed by atoms with van der Waals surface area (Å²) < 4.78 is 5.44. The third kappa shape index (κ3) is 4.85. The number of carbonyl (C=O) groups is 1. The summed E-state index contributed by atoms with van der Waals surface area (Å²) in [4.78, 5) is 14.3. The van der Waals surface area contributed by atoms with Crippen molar-refractivity contribution in [3.8, 4) is 0 Å². The number of rotatable bonds is 6. The highest BCUT2D eigenvalue weighted by Gasteiger charge is 2.43. The Kier molecular flexibility index (Phi) is 5.49. The fourth-order valence-electron chi connectivity index (χ4n) is 3.37. The van der Waals surface area contributed by atoms with Gasteiger partial charge in [0, 0.05) is 13.1 Å². The Balaban J connectivity index is 1.83. The molecule has 2 N–H and O–H groups in total. The summed E-state index contributed by atoms with van der Waals surface area (Å²) >= 11 is 0. The fraction of sp³-hybridized carbons (Fsp3) is 0.938. The molecule has 2 fully saturated rings. The number of carbonyl (C=O) groups excluding carboxylic acids is 1. The average molecular weight is 298 g/mol. The van der Waals surface area contributed by atoms with Gasteiger partial charge in [-0.05, 0) is 43.9 Å². The number of nitrogens with zero attached hydrogens (tertiary/aromatic N) is 1. The minimum Gasteiger partial charge on any atom is -0.393 e. The Morgan fingerprint density at radius 1 is 1.43 bits per heavy atom. The van der Waals surface area contributed by atoms with Gasteiger partial charge < -0.3 is 20.1 Å². The predicted molar refractivity (Wildman–Crippen MR) is 82.1 cm³/mol. The molecule has 1 aliphatic carbocycles. The van der Waals surface area contributed by atoms with Crippen LogP contribution in [0.25, 0.3) is 0 Å². The summed E-state index contributed by atoms with van der Waals surface area (Å²) in [6, 6.07) is -0.0158. The van der Waals surface area contributed by atoms with E-state index in [-0.39, 0.29) is 12.1 Å². The molecule has 21 heavy (non-hydrogen) atoms. The van der Waals surface area contributed by atoms with Gasteiger partial charge in [0.15, 0.2) is 0 Å². The number of urea groups is 1. The quantitative estimate of drug-likeness (QED) is 0.788. The van der Waals surface area contributed by atoms with Crippen LogP contribution in [0.3, 0.4) is 0 Å². The highest BCUT2D eigenvalue weighted by molar-refractivity contribution is 5.74. The van der Waals surface area contributed by atoms with Gasteiger partial charge in [0.2, 0.25) is 0 Å². The van der Waals surface area contributed by atoms with E-state index in [2.05, 4.69) is 19.2 Å². The van der Waals surface area contributed by atoms with Crippen LogP contribution in [0.15, 0.2) is 0 Å². The lowest BCUT2D eigenvalue weighted by atomic mass is 9.94. The second-order valence-electron chi connectivity index (χ2n) is 7.26. The summed E-state index contributed by atoms with van der Waals surface area (Å²) in [5.74, 6) is 0.677. The average Bonchev–Trinajstić information content (AvgIpc) is 3.15. The highest BCUT2D eigenvalue weighted by atomic mass is 16.5. The van der Waals surface area contributed by atoms with E-state index in [0.717, 1.165) is 6.54 Å². The molecule has 0 spiro atoms. The number of amides is 2. The number of morpholine rings is 1. The number of nitrogens with one attached hydrogen (secondary N) is 1. The van der Waals surface area contributed by atoms with Crippen molar-refractivity contribution >= 4 is 6.03 Å². The molecule has 1 aliphatic heterocycles. The van der Waals surface area contributed by atoms with Gasteiger partial charge in [0.25, 0.3) is 0 Å². The van der Waals surface area contributed by atoms with Crippen molar-refractivity contribution in [1.29, 1.82) is 0 Å². The van der Waals surface area contributed by atoms with Gasteiger partial charge in [-0.25, -0.2) is 4.79 Å². The molecule has 5 heteroatoms. The predicted octanol–water partition coefficient (Wildman–Crippen LogP) is 1.99. The molecule has 2 amide bonds. The Bertz CT molecular complexity index is 353. The fourth-order valence-corrected chi connectivity index (χ4v) is 3.37. The third-order valence-corrected chi connectivity index (χ3v) is 4.51. The van der Waals surface area contributed by atoms with Gasteiger partial charge >= 0.3 is 6.03 Å². The molecule has 122 valence electrons. The van der Waals surface area contributed by atoms with E-state index >= 15 is 0 Å². The van der Waals surface area contributed by atoms with E-state index in [0.29, 0.717) is 37.5 Å². The summed E-state index contributed by atoms with van der Waals surface area (Å²) in [5.41, 5.74) is 0.343. The Hall–Kier alpha value is -0.810. The summed E-state index contributed by atoms with van der Waals surface area (Å²) in [6.07, 6.45) is 3.80. The van der Waals surface area contributed by atoms with Crippen molar-refractivity contribution in [3.05, 3.63) is 0 Å². The Morgan fingerprint density at radius 3 is 2.71 bits per heavy atom. The van der Waals surface area contributed by atoms with E-state index in [1.54, 1.807) is 6.92 Å². The molecule has 2 rings (SSSR count). The number of hydrogen-bond donors (Lipinski definition) is 2. The lowest BCUT2D eigenvalue weighted by molar-refractivity contribution is -0.00455. The maximum atomic E-state index is 12.4. The van der Waals surface area contributed by atoms with Crippen LogP contribution in [0, 0.1) is 11.3 Å². The number of aliphatic hydroxyl groups excluding tert-OH is 1. The van der Waals surface area contributed by atoms with Crippen molar-refractivity contribution in [2.75, 3.05) is 26.3 Å². The van der Waals surface area contributed by atoms with Crippen LogP contribution in [-0.4, -0.2) is 54.5 Å². The first-order chi connectivity index (χ1) is 9.92. The standard InChI is InChI=1S/C16H30N2O3/c1-12(2)9-16(4-5-16)11-17-15(20)18-6-7-21-10-14(18)8-13(3)19/h12-14,19H,4-11H2,1-3H3,(H,17,20).